The Hall–Kier alpha value is -4.40. The molecule has 0 aliphatic carbocycles. The molecule has 14 N–H and O–H groups in total. The van der Waals surface area contributed by atoms with Gasteiger partial charge in [0.1, 0.15) is 18.1 Å². The molecule has 0 bridgehead atoms. The molecule has 5 atom stereocenters. The third kappa shape index (κ3) is 13.8. The zero-order chi connectivity index (χ0) is 31.7. The summed E-state index contributed by atoms with van der Waals surface area (Å²) in [5, 5.41) is 17.6. The molecule has 0 heterocycles. The fourth-order valence-electron chi connectivity index (χ4n) is 3.97. The number of aliphatic carboxylic acids is 1. The second kappa shape index (κ2) is 18.9. The van der Waals surface area contributed by atoms with E-state index in [1.807, 2.05) is 6.92 Å². The third-order valence-corrected chi connectivity index (χ3v) is 6.57. The van der Waals surface area contributed by atoms with Gasteiger partial charge < -0.3 is 49.7 Å². The lowest BCUT2D eigenvalue weighted by atomic mass is 9.96. The third-order valence-electron chi connectivity index (χ3n) is 6.57. The number of carbonyl (C=O) groups is 4. The molecular weight excluding hydrogens is 544 g/mol. The smallest absolute Gasteiger partial charge is 0.326 e. The lowest BCUT2D eigenvalue weighted by Gasteiger charge is -2.28. The van der Waals surface area contributed by atoms with E-state index in [-0.39, 0.29) is 43.6 Å². The molecule has 5 unspecified atom stereocenters. The monoisotopic (exact) mass is 590 g/mol. The predicted octanol–water partition coefficient (Wildman–Crippen LogP) is -1.75. The Morgan fingerprint density at radius 1 is 0.810 bits per heavy atom. The maximum Gasteiger partial charge on any atom is 0.326 e. The summed E-state index contributed by atoms with van der Waals surface area (Å²) in [5.41, 5.74) is 28.1. The first-order valence-electron chi connectivity index (χ1n) is 13.9. The van der Waals surface area contributed by atoms with Crippen LogP contribution in [0, 0.1) is 5.92 Å². The molecule has 15 heteroatoms. The summed E-state index contributed by atoms with van der Waals surface area (Å²) in [6.45, 7) is 4.13. The first-order valence-corrected chi connectivity index (χ1v) is 13.9. The van der Waals surface area contributed by atoms with Crippen LogP contribution in [-0.2, 0) is 25.6 Å². The van der Waals surface area contributed by atoms with Crippen LogP contribution < -0.4 is 44.6 Å². The van der Waals surface area contributed by atoms with Gasteiger partial charge in [0, 0.05) is 19.5 Å². The molecule has 0 spiro atoms. The number of benzene rings is 1. The molecule has 0 fully saturated rings. The minimum absolute atomic E-state index is 0.0448. The van der Waals surface area contributed by atoms with Gasteiger partial charge in [0.25, 0.3) is 0 Å². The van der Waals surface area contributed by atoms with Crippen LogP contribution in [0.3, 0.4) is 0 Å². The minimum Gasteiger partial charge on any atom is -0.480 e. The van der Waals surface area contributed by atoms with Gasteiger partial charge in [-0.15, -0.1) is 0 Å². The molecule has 0 radical (unpaired) electrons. The SMILES string of the molecule is CCC(C)C(NC(=O)C(N)CCCN=C(N)N)C(=O)NC(CCCN=C(N)N)C(=O)NC(Cc1ccccc1)C(=O)O. The van der Waals surface area contributed by atoms with Gasteiger partial charge in [0.15, 0.2) is 11.9 Å². The minimum atomic E-state index is -1.24. The molecule has 0 saturated carbocycles. The van der Waals surface area contributed by atoms with Crippen molar-refractivity contribution in [2.75, 3.05) is 13.1 Å². The highest BCUT2D eigenvalue weighted by molar-refractivity contribution is 5.94. The van der Waals surface area contributed by atoms with Crippen molar-refractivity contribution in [3.8, 4) is 0 Å². The predicted molar refractivity (Wildman–Crippen MR) is 161 cm³/mol. The summed E-state index contributed by atoms with van der Waals surface area (Å²) < 4.78 is 0. The molecule has 0 saturated heterocycles. The number of guanidine groups is 2. The van der Waals surface area contributed by atoms with Crippen LogP contribution in [0.1, 0.15) is 51.5 Å². The highest BCUT2D eigenvalue weighted by atomic mass is 16.4. The van der Waals surface area contributed by atoms with E-state index in [2.05, 4.69) is 25.9 Å². The van der Waals surface area contributed by atoms with Gasteiger partial charge >= 0.3 is 5.97 Å². The van der Waals surface area contributed by atoms with Gasteiger partial charge in [0.05, 0.1) is 6.04 Å². The first-order chi connectivity index (χ1) is 19.8. The van der Waals surface area contributed by atoms with Crippen molar-refractivity contribution in [1.82, 2.24) is 16.0 Å². The Bertz CT molecular complexity index is 1070. The van der Waals surface area contributed by atoms with Gasteiger partial charge in [-0.05, 0) is 37.2 Å². The number of nitrogens with one attached hydrogen (secondary N) is 3. The number of hydrogen-bond acceptors (Lipinski definition) is 7. The lowest BCUT2D eigenvalue weighted by molar-refractivity contribution is -0.142. The van der Waals surface area contributed by atoms with Crippen molar-refractivity contribution in [1.29, 1.82) is 0 Å². The second-order valence-electron chi connectivity index (χ2n) is 10.0. The van der Waals surface area contributed by atoms with Gasteiger partial charge in [-0.3, -0.25) is 24.4 Å². The van der Waals surface area contributed by atoms with Crippen molar-refractivity contribution in [3.05, 3.63) is 35.9 Å². The topological polar surface area (TPSA) is 279 Å². The van der Waals surface area contributed by atoms with Gasteiger partial charge in [-0.1, -0.05) is 50.6 Å². The Kier molecular flexibility index (Phi) is 16.0. The van der Waals surface area contributed by atoms with Crippen molar-refractivity contribution in [2.24, 2.45) is 44.6 Å². The van der Waals surface area contributed by atoms with E-state index in [0.29, 0.717) is 31.4 Å². The fraction of sp³-hybridized carbons (Fsp3) is 0.556. The number of carbonyl (C=O) groups excluding carboxylic acids is 3. The van der Waals surface area contributed by atoms with E-state index in [9.17, 15) is 24.3 Å². The van der Waals surface area contributed by atoms with Crippen LogP contribution in [0.25, 0.3) is 0 Å². The van der Waals surface area contributed by atoms with Crippen LogP contribution in [-0.4, -0.2) is 78.0 Å². The summed E-state index contributed by atoms with van der Waals surface area (Å²) in [5.74, 6) is -3.56. The molecule has 0 aliphatic rings. The van der Waals surface area contributed by atoms with Crippen LogP contribution >= 0.6 is 0 Å². The van der Waals surface area contributed by atoms with E-state index in [4.69, 9.17) is 28.7 Å². The normalized spacial score (nSPS) is 14.3. The highest BCUT2D eigenvalue weighted by Gasteiger charge is 2.32. The Morgan fingerprint density at radius 3 is 1.88 bits per heavy atom. The number of nitrogens with two attached hydrogens (primary N) is 5. The zero-order valence-electron chi connectivity index (χ0n) is 24.3. The molecule has 234 valence electrons. The molecule has 15 nitrogen and oxygen atoms in total. The number of nitrogens with zero attached hydrogens (tertiary/aromatic N) is 2. The van der Waals surface area contributed by atoms with Crippen molar-refractivity contribution in [3.63, 3.8) is 0 Å². The molecule has 1 aromatic rings. The zero-order valence-corrected chi connectivity index (χ0v) is 24.3. The quantitative estimate of drug-likeness (QED) is 0.0497. The number of aliphatic imine (C=N–C) groups is 2. The Morgan fingerprint density at radius 2 is 1.36 bits per heavy atom. The summed E-state index contributed by atoms with van der Waals surface area (Å²) in [7, 11) is 0. The number of amides is 3. The van der Waals surface area contributed by atoms with Gasteiger partial charge in [-0.2, -0.15) is 0 Å². The number of rotatable bonds is 19. The number of hydrogen-bond donors (Lipinski definition) is 9. The highest BCUT2D eigenvalue weighted by Crippen LogP contribution is 2.11. The molecular formula is C27H46N10O5. The largest absolute Gasteiger partial charge is 0.480 e. The van der Waals surface area contributed by atoms with E-state index in [0.717, 1.165) is 0 Å². The Balaban J connectivity index is 3.04. The van der Waals surface area contributed by atoms with Crippen LogP contribution in [0.5, 0.6) is 0 Å². The van der Waals surface area contributed by atoms with E-state index < -0.39 is 47.9 Å². The summed E-state index contributed by atoms with van der Waals surface area (Å²) >= 11 is 0. The van der Waals surface area contributed by atoms with Gasteiger partial charge in [0.2, 0.25) is 17.7 Å². The molecule has 1 aromatic carbocycles. The van der Waals surface area contributed by atoms with E-state index >= 15 is 0 Å². The average Bonchev–Trinajstić information content (AvgIpc) is 2.94. The number of carboxylic acid groups (broad SMARTS) is 1. The van der Waals surface area contributed by atoms with Crippen LogP contribution in [0.4, 0.5) is 0 Å². The summed E-state index contributed by atoms with van der Waals surface area (Å²) in [6.07, 6.45) is 1.75. The van der Waals surface area contributed by atoms with E-state index in [1.165, 1.54) is 0 Å². The van der Waals surface area contributed by atoms with Crippen molar-refractivity contribution in [2.45, 2.75) is 76.5 Å². The van der Waals surface area contributed by atoms with E-state index in [1.54, 1.807) is 37.3 Å². The van der Waals surface area contributed by atoms with Gasteiger partial charge in [-0.25, -0.2) is 4.79 Å². The second-order valence-corrected chi connectivity index (χ2v) is 10.0. The molecule has 3 amide bonds. The van der Waals surface area contributed by atoms with Crippen molar-refractivity contribution < 1.29 is 24.3 Å². The molecule has 1 rings (SSSR count). The fourth-order valence-corrected chi connectivity index (χ4v) is 3.97. The summed E-state index contributed by atoms with van der Waals surface area (Å²) in [6, 6.07) is 4.56. The molecule has 0 aliphatic heterocycles. The molecule has 0 aromatic heterocycles. The lowest BCUT2D eigenvalue weighted by Crippen LogP contribution is -2.58. The van der Waals surface area contributed by atoms with Crippen LogP contribution in [0.15, 0.2) is 40.3 Å². The maximum atomic E-state index is 13.4. The average molecular weight is 591 g/mol. The Labute approximate surface area is 246 Å². The maximum absolute atomic E-state index is 13.4. The molecule has 42 heavy (non-hydrogen) atoms. The first kappa shape index (κ1) is 35.6. The summed E-state index contributed by atoms with van der Waals surface area (Å²) in [4.78, 5) is 59.2. The van der Waals surface area contributed by atoms with Crippen LogP contribution in [0.2, 0.25) is 0 Å². The standard InChI is InChI=1S/C27H46N10O5/c1-3-16(2)21(37-22(38)18(28)11-7-13-33-26(29)30)24(40)35-19(12-8-14-34-27(31)32)23(39)36-20(25(41)42)15-17-9-5-4-6-10-17/h4-6,9-10,16,18-21H,3,7-8,11-15,28H2,1-2H3,(H,35,40)(H,36,39)(H,37,38)(H,41,42)(H4,29,30,33)(H4,31,32,34). The number of carboxylic acids is 1. The van der Waals surface area contributed by atoms with Crippen molar-refractivity contribution >= 4 is 35.6 Å².